The van der Waals surface area contributed by atoms with Gasteiger partial charge in [0, 0.05) is 13.1 Å². The van der Waals surface area contributed by atoms with Crippen LogP contribution in [0.5, 0.6) is 0 Å². The van der Waals surface area contributed by atoms with E-state index in [0.29, 0.717) is 19.5 Å². The van der Waals surface area contributed by atoms with Crippen LogP contribution in [0.25, 0.3) is 0 Å². The summed E-state index contributed by atoms with van der Waals surface area (Å²) in [5, 5.41) is 8.99. The second-order valence-electron chi connectivity index (χ2n) is 2.36. The molecule has 1 amide bonds. The summed E-state index contributed by atoms with van der Waals surface area (Å²) in [6, 6.07) is 0. The fourth-order valence-corrected chi connectivity index (χ4v) is 1.04. The van der Waals surface area contributed by atoms with E-state index in [4.69, 9.17) is 5.11 Å². The SMILES string of the molecule is COC(=O)N1CC[C@H](O)C1. The number of β-amino-alcohol motifs (C(OH)–C–C–N with tert-alkyl or cyclic N) is 1. The van der Waals surface area contributed by atoms with Crippen LogP contribution in [0.15, 0.2) is 0 Å². The number of hydrogen-bond acceptors (Lipinski definition) is 3. The molecule has 1 aliphatic heterocycles. The van der Waals surface area contributed by atoms with Crippen LogP contribution in [0.2, 0.25) is 0 Å². The molecular weight excluding hydrogens is 134 g/mol. The molecule has 1 rings (SSSR count). The largest absolute Gasteiger partial charge is 0.453 e. The second kappa shape index (κ2) is 2.88. The Labute approximate surface area is 59.4 Å². The zero-order valence-corrected chi connectivity index (χ0v) is 5.91. The van der Waals surface area contributed by atoms with Crippen molar-refractivity contribution >= 4 is 6.09 Å². The first-order chi connectivity index (χ1) is 4.74. The Morgan fingerprint density at radius 2 is 2.50 bits per heavy atom. The smallest absolute Gasteiger partial charge is 0.409 e. The van der Waals surface area contributed by atoms with Gasteiger partial charge in [0.2, 0.25) is 0 Å². The summed E-state index contributed by atoms with van der Waals surface area (Å²) in [7, 11) is 1.34. The highest BCUT2D eigenvalue weighted by atomic mass is 16.5. The molecule has 0 radical (unpaired) electrons. The van der Waals surface area contributed by atoms with E-state index in [0.717, 1.165) is 0 Å². The highest BCUT2D eigenvalue weighted by Gasteiger charge is 2.24. The molecule has 10 heavy (non-hydrogen) atoms. The van der Waals surface area contributed by atoms with Crippen LogP contribution >= 0.6 is 0 Å². The molecule has 0 saturated carbocycles. The fraction of sp³-hybridized carbons (Fsp3) is 0.833. The summed E-state index contributed by atoms with van der Waals surface area (Å²) in [5.41, 5.74) is 0. The standard InChI is InChI=1S/C6H11NO3/c1-10-6(9)7-3-2-5(8)4-7/h5,8H,2-4H2,1H3/t5-/m0/s1. The van der Waals surface area contributed by atoms with Crippen LogP contribution < -0.4 is 0 Å². The molecule has 0 aromatic carbocycles. The lowest BCUT2D eigenvalue weighted by Gasteiger charge is -2.12. The number of aliphatic hydroxyl groups excluding tert-OH is 1. The number of nitrogens with zero attached hydrogens (tertiary/aromatic N) is 1. The molecular formula is C6H11NO3. The van der Waals surface area contributed by atoms with E-state index in [2.05, 4.69) is 4.74 Å². The van der Waals surface area contributed by atoms with Crippen molar-refractivity contribution in [3.8, 4) is 0 Å². The van der Waals surface area contributed by atoms with Gasteiger partial charge in [-0.3, -0.25) is 0 Å². The van der Waals surface area contributed by atoms with Crippen LogP contribution in [0.3, 0.4) is 0 Å². The number of amides is 1. The third-order valence-electron chi connectivity index (χ3n) is 1.60. The monoisotopic (exact) mass is 145 g/mol. The van der Waals surface area contributed by atoms with Crippen molar-refractivity contribution in [1.29, 1.82) is 0 Å². The number of carbonyl (C=O) groups is 1. The minimum Gasteiger partial charge on any atom is -0.453 e. The van der Waals surface area contributed by atoms with E-state index in [9.17, 15) is 4.79 Å². The Morgan fingerprint density at radius 1 is 1.80 bits per heavy atom. The summed E-state index contributed by atoms with van der Waals surface area (Å²) in [6.07, 6.45) is -0.0506. The van der Waals surface area contributed by atoms with Crippen molar-refractivity contribution in [2.75, 3.05) is 20.2 Å². The average Bonchev–Trinajstić information content (AvgIpc) is 2.34. The minimum atomic E-state index is -0.362. The van der Waals surface area contributed by atoms with Crippen molar-refractivity contribution < 1.29 is 14.6 Å². The molecule has 0 aliphatic carbocycles. The molecule has 1 heterocycles. The van der Waals surface area contributed by atoms with Gasteiger partial charge in [-0.2, -0.15) is 0 Å². The Kier molecular flexibility index (Phi) is 2.11. The van der Waals surface area contributed by atoms with Gasteiger partial charge < -0.3 is 14.7 Å². The third kappa shape index (κ3) is 1.39. The highest BCUT2D eigenvalue weighted by Crippen LogP contribution is 2.08. The van der Waals surface area contributed by atoms with Crippen LogP contribution in [-0.2, 0) is 4.74 Å². The van der Waals surface area contributed by atoms with Gasteiger partial charge in [0.15, 0.2) is 0 Å². The molecule has 0 bridgehead atoms. The predicted molar refractivity (Wildman–Crippen MR) is 34.6 cm³/mol. The maximum absolute atomic E-state index is 10.8. The summed E-state index contributed by atoms with van der Waals surface area (Å²) in [6.45, 7) is 1.01. The minimum absolute atomic E-state index is 0.350. The molecule has 1 aliphatic rings. The molecule has 4 nitrogen and oxygen atoms in total. The lowest BCUT2D eigenvalue weighted by Crippen LogP contribution is -2.29. The molecule has 0 unspecified atom stereocenters. The third-order valence-corrected chi connectivity index (χ3v) is 1.60. The van der Waals surface area contributed by atoms with Gasteiger partial charge in [0.25, 0.3) is 0 Å². The van der Waals surface area contributed by atoms with Crippen molar-refractivity contribution in [3.05, 3.63) is 0 Å². The van der Waals surface area contributed by atoms with Gasteiger partial charge >= 0.3 is 6.09 Å². The first kappa shape index (κ1) is 7.34. The quantitative estimate of drug-likeness (QED) is 0.514. The first-order valence-electron chi connectivity index (χ1n) is 3.25. The topological polar surface area (TPSA) is 49.8 Å². The van der Waals surface area contributed by atoms with Gasteiger partial charge in [0.05, 0.1) is 13.2 Å². The maximum atomic E-state index is 10.8. The normalized spacial score (nSPS) is 25.0. The molecule has 4 heteroatoms. The number of methoxy groups -OCH3 is 1. The van der Waals surface area contributed by atoms with E-state index in [-0.39, 0.29) is 12.2 Å². The van der Waals surface area contributed by atoms with Gasteiger partial charge in [-0.05, 0) is 6.42 Å². The van der Waals surface area contributed by atoms with Gasteiger partial charge in [-0.15, -0.1) is 0 Å². The number of aliphatic hydroxyl groups is 1. The van der Waals surface area contributed by atoms with Crippen LogP contribution in [-0.4, -0.2) is 42.4 Å². The number of hydrogen-bond donors (Lipinski definition) is 1. The summed E-state index contributed by atoms with van der Waals surface area (Å²) >= 11 is 0. The summed E-state index contributed by atoms with van der Waals surface area (Å²) < 4.78 is 4.46. The number of rotatable bonds is 0. The van der Waals surface area contributed by atoms with E-state index in [1.807, 2.05) is 0 Å². The highest BCUT2D eigenvalue weighted by molar-refractivity contribution is 5.67. The number of carbonyl (C=O) groups excluding carboxylic acids is 1. The Morgan fingerprint density at radius 3 is 2.90 bits per heavy atom. The van der Waals surface area contributed by atoms with Crippen LogP contribution in [0, 0.1) is 0 Å². The van der Waals surface area contributed by atoms with Crippen LogP contribution in [0.4, 0.5) is 4.79 Å². The molecule has 58 valence electrons. The Balaban J connectivity index is 2.37. The lowest BCUT2D eigenvalue weighted by atomic mass is 10.3. The van der Waals surface area contributed by atoms with E-state index in [1.165, 1.54) is 12.0 Å². The molecule has 0 spiro atoms. The molecule has 1 atom stereocenters. The zero-order valence-electron chi connectivity index (χ0n) is 5.91. The van der Waals surface area contributed by atoms with E-state index < -0.39 is 0 Å². The Bertz CT molecular complexity index is 137. The maximum Gasteiger partial charge on any atom is 0.409 e. The summed E-state index contributed by atoms with van der Waals surface area (Å²) in [5.74, 6) is 0. The number of likely N-dealkylation sites (tertiary alicyclic amines) is 1. The Hall–Kier alpha value is -0.770. The first-order valence-corrected chi connectivity index (χ1v) is 3.25. The second-order valence-corrected chi connectivity index (χ2v) is 2.36. The van der Waals surface area contributed by atoms with Gasteiger partial charge in [0.1, 0.15) is 0 Å². The fourth-order valence-electron chi connectivity index (χ4n) is 1.04. The van der Waals surface area contributed by atoms with E-state index >= 15 is 0 Å². The predicted octanol–water partition coefficient (Wildman–Crippen LogP) is -0.181. The lowest BCUT2D eigenvalue weighted by molar-refractivity contribution is 0.122. The van der Waals surface area contributed by atoms with Crippen molar-refractivity contribution in [1.82, 2.24) is 4.90 Å². The molecule has 1 fully saturated rings. The van der Waals surface area contributed by atoms with E-state index in [1.54, 1.807) is 0 Å². The van der Waals surface area contributed by atoms with Crippen molar-refractivity contribution in [3.63, 3.8) is 0 Å². The average molecular weight is 145 g/mol. The molecule has 1 N–H and O–H groups in total. The zero-order chi connectivity index (χ0) is 7.56. The van der Waals surface area contributed by atoms with Crippen molar-refractivity contribution in [2.45, 2.75) is 12.5 Å². The van der Waals surface area contributed by atoms with Gasteiger partial charge in [-0.25, -0.2) is 4.79 Å². The molecule has 0 aromatic rings. The molecule has 1 saturated heterocycles. The summed E-state index contributed by atoms with van der Waals surface area (Å²) in [4.78, 5) is 12.2. The van der Waals surface area contributed by atoms with Crippen molar-refractivity contribution in [2.24, 2.45) is 0 Å². The molecule has 0 aromatic heterocycles. The number of ether oxygens (including phenoxy) is 1. The van der Waals surface area contributed by atoms with Gasteiger partial charge in [-0.1, -0.05) is 0 Å². The van der Waals surface area contributed by atoms with Crippen LogP contribution in [0.1, 0.15) is 6.42 Å².